The summed E-state index contributed by atoms with van der Waals surface area (Å²) >= 11 is 0. The highest BCUT2D eigenvalue weighted by Crippen LogP contribution is 2.30. The average molecular weight is 505 g/mol. The van der Waals surface area contributed by atoms with E-state index in [1.165, 1.54) is 32.1 Å². The number of ether oxygens (including phenoxy) is 2. The maximum Gasteiger partial charge on any atom is 0.534 e. The summed E-state index contributed by atoms with van der Waals surface area (Å²) < 4.78 is 10.5. The zero-order chi connectivity index (χ0) is 26.9. The average Bonchev–Trinajstić information content (AvgIpc) is 2.78. The van der Waals surface area contributed by atoms with E-state index in [4.69, 9.17) is 14.3 Å². The molecular formula is C28H44N2O6. The molecule has 0 spiro atoms. The van der Waals surface area contributed by atoms with Gasteiger partial charge in [-0.05, 0) is 78.9 Å². The predicted molar refractivity (Wildman–Crippen MR) is 140 cm³/mol. The quantitative estimate of drug-likeness (QED) is 0.228. The summed E-state index contributed by atoms with van der Waals surface area (Å²) in [5.74, 6) is 0.473. The molecule has 1 aliphatic rings. The summed E-state index contributed by atoms with van der Waals surface area (Å²) in [6.45, 7) is 12.2. The Bertz CT molecular complexity index is 881. The van der Waals surface area contributed by atoms with E-state index < -0.39 is 23.5 Å². The lowest BCUT2D eigenvalue weighted by Gasteiger charge is -2.31. The number of ketones is 1. The van der Waals surface area contributed by atoms with Crippen LogP contribution < -0.4 is 5.32 Å². The fourth-order valence-corrected chi connectivity index (χ4v) is 4.28. The molecule has 0 bridgehead atoms. The van der Waals surface area contributed by atoms with Gasteiger partial charge in [-0.1, -0.05) is 38.3 Å². The number of anilines is 1. The minimum Gasteiger partial charge on any atom is -0.442 e. The third-order valence-corrected chi connectivity index (χ3v) is 5.91. The molecule has 1 fully saturated rings. The number of carbonyl (C=O) groups is 3. The fraction of sp³-hybridized carbons (Fsp3) is 0.679. The second-order valence-corrected chi connectivity index (χ2v) is 11.4. The van der Waals surface area contributed by atoms with Crippen LogP contribution in [0.3, 0.4) is 0 Å². The molecule has 1 aromatic carbocycles. The zero-order valence-electron chi connectivity index (χ0n) is 23.0. The van der Waals surface area contributed by atoms with Gasteiger partial charge in [0.25, 0.3) is 0 Å². The first-order chi connectivity index (χ1) is 16.8. The number of nitrogens with one attached hydrogen (secondary N) is 1. The Kier molecular flexibility index (Phi) is 10.6. The SMILES string of the molecule is CCC(Nc1cccc(C(=O)CCN(OC(=O)OC(C)(C)C)C(=O)OC(C)(C)C)c1)C1CCCCC1. The number of nitrogens with zero attached hydrogens (tertiary/aromatic N) is 1. The first-order valence-electron chi connectivity index (χ1n) is 13.1. The largest absolute Gasteiger partial charge is 0.534 e. The minimum absolute atomic E-state index is 0.0503. The lowest BCUT2D eigenvalue weighted by molar-refractivity contribution is -0.135. The normalized spacial score (nSPS) is 15.5. The molecule has 1 aliphatic carbocycles. The smallest absolute Gasteiger partial charge is 0.442 e. The number of Topliss-reactive ketones (excluding diaryl/α,β-unsaturated/α-hetero) is 1. The molecule has 202 valence electrons. The summed E-state index contributed by atoms with van der Waals surface area (Å²) in [6.07, 6.45) is 5.41. The Morgan fingerprint density at radius 3 is 2.22 bits per heavy atom. The van der Waals surface area contributed by atoms with Crippen LogP contribution in [0.25, 0.3) is 0 Å². The second kappa shape index (κ2) is 13.0. The molecule has 36 heavy (non-hydrogen) atoms. The zero-order valence-corrected chi connectivity index (χ0v) is 23.0. The van der Waals surface area contributed by atoms with E-state index in [0.717, 1.165) is 17.2 Å². The predicted octanol–water partition coefficient (Wildman–Crippen LogP) is 7.13. The third-order valence-electron chi connectivity index (χ3n) is 5.91. The highest BCUT2D eigenvalue weighted by Gasteiger charge is 2.29. The summed E-state index contributed by atoms with van der Waals surface area (Å²) in [6, 6.07) is 7.80. The number of hydroxylamine groups is 2. The van der Waals surface area contributed by atoms with Crippen LogP contribution in [0.2, 0.25) is 0 Å². The van der Waals surface area contributed by atoms with Gasteiger partial charge in [0.1, 0.15) is 11.2 Å². The number of rotatable bonds is 8. The maximum atomic E-state index is 13.0. The number of amides is 1. The monoisotopic (exact) mass is 504 g/mol. The van der Waals surface area contributed by atoms with Gasteiger partial charge in [-0.15, -0.1) is 5.06 Å². The van der Waals surface area contributed by atoms with Gasteiger partial charge < -0.3 is 19.6 Å². The fourth-order valence-electron chi connectivity index (χ4n) is 4.28. The van der Waals surface area contributed by atoms with Gasteiger partial charge in [-0.2, -0.15) is 0 Å². The van der Waals surface area contributed by atoms with E-state index in [1.807, 2.05) is 18.2 Å². The molecule has 2 rings (SSSR count). The van der Waals surface area contributed by atoms with Crippen LogP contribution in [-0.2, 0) is 14.3 Å². The van der Waals surface area contributed by atoms with Crippen LogP contribution >= 0.6 is 0 Å². The number of hydrogen-bond acceptors (Lipinski definition) is 7. The van der Waals surface area contributed by atoms with Gasteiger partial charge in [-0.3, -0.25) is 4.79 Å². The molecule has 0 aliphatic heterocycles. The van der Waals surface area contributed by atoms with Gasteiger partial charge in [0, 0.05) is 23.7 Å². The van der Waals surface area contributed by atoms with Gasteiger partial charge in [-0.25, -0.2) is 9.59 Å². The van der Waals surface area contributed by atoms with Crippen LogP contribution in [0.15, 0.2) is 24.3 Å². The van der Waals surface area contributed by atoms with E-state index in [9.17, 15) is 14.4 Å². The molecule has 1 unspecified atom stereocenters. The molecule has 1 saturated carbocycles. The second-order valence-electron chi connectivity index (χ2n) is 11.4. The highest BCUT2D eigenvalue weighted by molar-refractivity contribution is 5.97. The van der Waals surface area contributed by atoms with Crippen LogP contribution in [0, 0.1) is 5.92 Å². The topological polar surface area (TPSA) is 94.2 Å². The molecule has 0 heterocycles. The van der Waals surface area contributed by atoms with Gasteiger partial charge in [0.2, 0.25) is 0 Å². The first-order valence-corrected chi connectivity index (χ1v) is 13.1. The van der Waals surface area contributed by atoms with Crippen molar-refractivity contribution in [2.24, 2.45) is 5.92 Å². The summed E-state index contributed by atoms with van der Waals surface area (Å²) in [4.78, 5) is 42.9. The molecular weight excluding hydrogens is 460 g/mol. The summed E-state index contributed by atoms with van der Waals surface area (Å²) in [5, 5.41) is 4.37. The number of carbonyl (C=O) groups excluding carboxylic acids is 3. The molecule has 8 nitrogen and oxygen atoms in total. The minimum atomic E-state index is -1.04. The molecule has 1 N–H and O–H groups in total. The van der Waals surface area contributed by atoms with E-state index in [0.29, 0.717) is 17.5 Å². The molecule has 0 aromatic heterocycles. The van der Waals surface area contributed by atoms with Crippen LogP contribution in [-0.4, -0.2) is 46.9 Å². The van der Waals surface area contributed by atoms with Crippen molar-refractivity contribution < 1.29 is 28.7 Å². The molecule has 1 atom stereocenters. The van der Waals surface area contributed by atoms with Crippen molar-refractivity contribution in [2.45, 2.75) is 111 Å². The highest BCUT2D eigenvalue weighted by atomic mass is 16.8. The van der Waals surface area contributed by atoms with Crippen molar-refractivity contribution in [2.75, 3.05) is 11.9 Å². The van der Waals surface area contributed by atoms with Crippen molar-refractivity contribution in [1.82, 2.24) is 5.06 Å². The Hall–Kier alpha value is -2.77. The standard InChI is InChI=1S/C28H44N2O6/c1-8-23(20-13-10-9-11-14-20)29-22-16-12-15-21(19-22)24(31)17-18-30(25(32)34-27(2,3)4)36-26(33)35-28(5,6)7/h12,15-16,19-20,23,29H,8-11,13-14,17-18H2,1-7H3. The molecule has 0 saturated heterocycles. The summed E-state index contributed by atoms with van der Waals surface area (Å²) in [5.41, 5.74) is -0.161. The molecule has 0 radical (unpaired) electrons. The third kappa shape index (κ3) is 10.5. The molecule has 1 aromatic rings. The Morgan fingerprint density at radius 1 is 1.00 bits per heavy atom. The van der Waals surface area contributed by atoms with Crippen molar-refractivity contribution in [3.05, 3.63) is 29.8 Å². The Balaban J connectivity index is 2.05. The summed E-state index contributed by atoms with van der Waals surface area (Å²) in [7, 11) is 0. The van der Waals surface area contributed by atoms with E-state index in [-0.39, 0.29) is 18.7 Å². The van der Waals surface area contributed by atoms with Crippen molar-refractivity contribution in [3.8, 4) is 0 Å². The van der Waals surface area contributed by atoms with Crippen LogP contribution in [0.1, 0.15) is 104 Å². The van der Waals surface area contributed by atoms with Crippen molar-refractivity contribution in [1.29, 1.82) is 0 Å². The molecule has 8 heteroatoms. The lowest BCUT2D eigenvalue weighted by atomic mass is 9.83. The van der Waals surface area contributed by atoms with Gasteiger partial charge in [0.15, 0.2) is 5.78 Å². The van der Waals surface area contributed by atoms with Gasteiger partial charge >= 0.3 is 12.2 Å². The van der Waals surface area contributed by atoms with E-state index >= 15 is 0 Å². The Labute approximate surface area is 216 Å². The Morgan fingerprint density at radius 2 is 1.64 bits per heavy atom. The lowest BCUT2D eigenvalue weighted by Crippen LogP contribution is -2.40. The van der Waals surface area contributed by atoms with Gasteiger partial charge in [0.05, 0.1) is 6.54 Å². The van der Waals surface area contributed by atoms with Crippen LogP contribution in [0.4, 0.5) is 15.3 Å². The maximum absolute atomic E-state index is 13.0. The first kappa shape index (κ1) is 29.5. The van der Waals surface area contributed by atoms with E-state index in [1.54, 1.807) is 47.6 Å². The van der Waals surface area contributed by atoms with Crippen molar-refractivity contribution >= 4 is 23.7 Å². The van der Waals surface area contributed by atoms with E-state index in [2.05, 4.69) is 12.2 Å². The van der Waals surface area contributed by atoms with Crippen molar-refractivity contribution in [3.63, 3.8) is 0 Å². The number of hydrogen-bond donors (Lipinski definition) is 1. The van der Waals surface area contributed by atoms with Crippen LogP contribution in [0.5, 0.6) is 0 Å². The molecule has 1 amide bonds. The number of benzene rings is 1.